The number of rotatable bonds is 5. The van der Waals surface area contributed by atoms with Crippen LogP contribution in [0.5, 0.6) is 0 Å². The number of piperazine rings is 1. The second kappa shape index (κ2) is 5.47. The van der Waals surface area contributed by atoms with Crippen LogP contribution in [0.4, 0.5) is 0 Å². The van der Waals surface area contributed by atoms with Crippen molar-refractivity contribution in [3.05, 3.63) is 0 Å². The molecule has 1 saturated heterocycles. The number of hydrogen-bond acceptors (Lipinski definition) is 3. The quantitative estimate of drug-likeness (QED) is 0.664. The lowest BCUT2D eigenvalue weighted by Gasteiger charge is -2.27. The molecule has 4 heteroatoms. The molecule has 1 aliphatic heterocycles. The zero-order valence-corrected chi connectivity index (χ0v) is 9.21. The zero-order valence-electron chi connectivity index (χ0n) is 9.21. The molecule has 1 amide bonds. The first-order valence-corrected chi connectivity index (χ1v) is 5.92. The number of amides is 1. The predicted octanol–water partition coefficient (Wildman–Crippen LogP) is 0.235. The topological polar surface area (TPSA) is 41.6 Å². The Morgan fingerprint density at radius 1 is 1.33 bits per heavy atom. The largest absolute Gasteiger partial charge is 0.372 e. The van der Waals surface area contributed by atoms with Crippen molar-refractivity contribution in [3.8, 4) is 0 Å². The third-order valence-electron chi connectivity index (χ3n) is 3.06. The highest BCUT2D eigenvalue weighted by atomic mass is 16.5. The number of nitrogens with zero attached hydrogens (tertiary/aromatic N) is 1. The molecule has 0 unspecified atom stereocenters. The van der Waals surface area contributed by atoms with E-state index in [1.807, 2.05) is 4.90 Å². The minimum absolute atomic E-state index is 0.146. The Balaban J connectivity index is 1.54. The van der Waals surface area contributed by atoms with Gasteiger partial charge in [-0.2, -0.15) is 0 Å². The summed E-state index contributed by atoms with van der Waals surface area (Å²) in [5, 5.41) is 3.23. The van der Waals surface area contributed by atoms with Crippen molar-refractivity contribution < 1.29 is 9.53 Å². The monoisotopic (exact) mass is 212 g/mol. The maximum absolute atomic E-state index is 11.6. The van der Waals surface area contributed by atoms with E-state index in [1.165, 1.54) is 12.8 Å². The number of nitrogens with one attached hydrogen (secondary N) is 1. The van der Waals surface area contributed by atoms with Crippen LogP contribution in [0.25, 0.3) is 0 Å². The standard InChI is InChI=1S/C11H20N2O2/c14-11(13-6-4-12-5-7-13)9-15-8-3-10-1-2-10/h10,12H,1-9H2. The van der Waals surface area contributed by atoms with E-state index in [4.69, 9.17) is 4.74 Å². The summed E-state index contributed by atoms with van der Waals surface area (Å²) in [7, 11) is 0. The summed E-state index contributed by atoms with van der Waals surface area (Å²) in [5.41, 5.74) is 0. The molecule has 4 nitrogen and oxygen atoms in total. The number of carbonyl (C=O) groups is 1. The van der Waals surface area contributed by atoms with Crippen molar-refractivity contribution in [2.45, 2.75) is 19.3 Å². The van der Waals surface area contributed by atoms with Gasteiger partial charge in [-0.25, -0.2) is 0 Å². The molecule has 0 aromatic carbocycles. The van der Waals surface area contributed by atoms with Crippen molar-refractivity contribution in [1.82, 2.24) is 10.2 Å². The Bertz CT molecular complexity index is 211. The van der Waals surface area contributed by atoms with E-state index in [9.17, 15) is 4.79 Å². The minimum atomic E-state index is 0.146. The second-order valence-corrected chi connectivity index (χ2v) is 4.42. The SMILES string of the molecule is O=C(COCCC1CC1)N1CCNCC1. The molecule has 0 aromatic heterocycles. The summed E-state index contributed by atoms with van der Waals surface area (Å²) in [6, 6.07) is 0. The average Bonchev–Trinajstić information content (AvgIpc) is 3.09. The highest BCUT2D eigenvalue weighted by Crippen LogP contribution is 2.31. The van der Waals surface area contributed by atoms with Crippen LogP contribution in [-0.4, -0.2) is 50.2 Å². The molecule has 2 rings (SSSR count). The van der Waals surface area contributed by atoms with Gasteiger partial charge >= 0.3 is 0 Å². The van der Waals surface area contributed by atoms with E-state index < -0.39 is 0 Å². The first kappa shape index (κ1) is 10.9. The van der Waals surface area contributed by atoms with Crippen LogP contribution in [0.3, 0.4) is 0 Å². The Labute approximate surface area is 91.0 Å². The predicted molar refractivity (Wildman–Crippen MR) is 57.6 cm³/mol. The Morgan fingerprint density at radius 3 is 2.73 bits per heavy atom. The van der Waals surface area contributed by atoms with Gasteiger partial charge in [0.1, 0.15) is 6.61 Å². The molecule has 1 heterocycles. The minimum Gasteiger partial charge on any atom is -0.372 e. The third kappa shape index (κ3) is 3.80. The lowest BCUT2D eigenvalue weighted by molar-refractivity contribution is -0.136. The molecule has 2 fully saturated rings. The molecule has 2 aliphatic rings. The van der Waals surface area contributed by atoms with Crippen LogP contribution in [0.15, 0.2) is 0 Å². The van der Waals surface area contributed by atoms with Gasteiger partial charge in [0.05, 0.1) is 0 Å². The molecule has 0 atom stereocenters. The zero-order chi connectivity index (χ0) is 10.5. The maximum atomic E-state index is 11.6. The van der Waals surface area contributed by atoms with Gasteiger partial charge in [-0.1, -0.05) is 12.8 Å². The van der Waals surface area contributed by atoms with Crippen LogP contribution < -0.4 is 5.32 Å². The molecule has 0 aromatic rings. The van der Waals surface area contributed by atoms with Crippen LogP contribution in [-0.2, 0) is 9.53 Å². The molecule has 1 aliphatic carbocycles. The van der Waals surface area contributed by atoms with Crippen LogP contribution in [0, 0.1) is 5.92 Å². The van der Waals surface area contributed by atoms with Crippen molar-refractivity contribution in [3.63, 3.8) is 0 Å². The normalized spacial score (nSPS) is 21.7. The number of carbonyl (C=O) groups excluding carboxylic acids is 1. The van der Waals surface area contributed by atoms with Crippen LogP contribution in [0.2, 0.25) is 0 Å². The van der Waals surface area contributed by atoms with E-state index in [-0.39, 0.29) is 12.5 Å². The van der Waals surface area contributed by atoms with Crippen molar-refractivity contribution >= 4 is 5.91 Å². The average molecular weight is 212 g/mol. The van der Waals surface area contributed by atoms with Crippen molar-refractivity contribution in [1.29, 1.82) is 0 Å². The van der Waals surface area contributed by atoms with E-state index in [0.717, 1.165) is 45.1 Å². The summed E-state index contributed by atoms with van der Waals surface area (Å²) >= 11 is 0. The van der Waals surface area contributed by atoms with E-state index >= 15 is 0 Å². The van der Waals surface area contributed by atoms with Gasteiger partial charge in [0.2, 0.25) is 5.91 Å². The van der Waals surface area contributed by atoms with Gasteiger partial charge in [-0.15, -0.1) is 0 Å². The van der Waals surface area contributed by atoms with Crippen molar-refractivity contribution in [2.24, 2.45) is 5.92 Å². The molecule has 15 heavy (non-hydrogen) atoms. The Kier molecular flexibility index (Phi) is 3.97. The maximum Gasteiger partial charge on any atom is 0.248 e. The fourth-order valence-electron chi connectivity index (χ4n) is 1.82. The molecular formula is C11H20N2O2. The second-order valence-electron chi connectivity index (χ2n) is 4.42. The van der Waals surface area contributed by atoms with E-state index in [2.05, 4.69) is 5.32 Å². The first-order valence-electron chi connectivity index (χ1n) is 5.92. The van der Waals surface area contributed by atoms with Gasteiger partial charge < -0.3 is 15.0 Å². The molecule has 0 spiro atoms. The van der Waals surface area contributed by atoms with E-state index in [0.29, 0.717) is 0 Å². The molecule has 1 N–H and O–H groups in total. The molecule has 0 radical (unpaired) electrons. The Hall–Kier alpha value is -0.610. The van der Waals surface area contributed by atoms with Crippen LogP contribution in [0.1, 0.15) is 19.3 Å². The summed E-state index contributed by atoms with van der Waals surface area (Å²) in [4.78, 5) is 13.5. The molecule has 1 saturated carbocycles. The highest BCUT2D eigenvalue weighted by Gasteiger charge is 2.21. The lowest BCUT2D eigenvalue weighted by Crippen LogP contribution is -2.47. The van der Waals surface area contributed by atoms with Gasteiger partial charge in [0.15, 0.2) is 0 Å². The Morgan fingerprint density at radius 2 is 2.07 bits per heavy atom. The fraction of sp³-hybridized carbons (Fsp3) is 0.909. The smallest absolute Gasteiger partial charge is 0.248 e. The van der Waals surface area contributed by atoms with E-state index in [1.54, 1.807) is 0 Å². The van der Waals surface area contributed by atoms with Gasteiger partial charge in [-0.3, -0.25) is 4.79 Å². The summed E-state index contributed by atoms with van der Waals surface area (Å²) in [6.07, 6.45) is 3.85. The van der Waals surface area contributed by atoms with Crippen molar-refractivity contribution in [2.75, 3.05) is 39.4 Å². The molecule has 0 bridgehead atoms. The molecular weight excluding hydrogens is 192 g/mol. The lowest BCUT2D eigenvalue weighted by atomic mass is 10.3. The number of ether oxygens (including phenoxy) is 1. The van der Waals surface area contributed by atoms with Gasteiger partial charge in [0.25, 0.3) is 0 Å². The highest BCUT2D eigenvalue weighted by molar-refractivity contribution is 5.77. The van der Waals surface area contributed by atoms with Crippen LogP contribution >= 0.6 is 0 Å². The summed E-state index contributed by atoms with van der Waals surface area (Å²) in [5.74, 6) is 1.03. The summed E-state index contributed by atoms with van der Waals surface area (Å²) < 4.78 is 5.39. The number of hydrogen-bond donors (Lipinski definition) is 1. The fourth-order valence-corrected chi connectivity index (χ4v) is 1.82. The first-order chi connectivity index (χ1) is 7.36. The van der Waals surface area contributed by atoms with Gasteiger partial charge in [-0.05, 0) is 12.3 Å². The third-order valence-corrected chi connectivity index (χ3v) is 3.06. The summed E-state index contributed by atoms with van der Waals surface area (Å²) in [6.45, 7) is 4.49. The van der Waals surface area contributed by atoms with Gasteiger partial charge in [0, 0.05) is 32.8 Å². The molecule has 86 valence electrons.